The van der Waals surface area contributed by atoms with Crippen molar-refractivity contribution in [2.24, 2.45) is 17.6 Å². The Bertz CT molecular complexity index is 221. The summed E-state index contributed by atoms with van der Waals surface area (Å²) in [6.07, 6.45) is 10.9. The summed E-state index contributed by atoms with van der Waals surface area (Å²) in [6.45, 7) is 3.75. The SMILES string of the molecule is CC1CCCC(CN(C)C2CCC(N)CC2)C1. The van der Waals surface area contributed by atoms with E-state index in [4.69, 9.17) is 5.73 Å². The lowest BCUT2D eigenvalue weighted by Crippen LogP contribution is -2.41. The van der Waals surface area contributed by atoms with Crippen LogP contribution in [0.1, 0.15) is 58.3 Å². The molecule has 0 bridgehead atoms. The van der Waals surface area contributed by atoms with Gasteiger partial charge in [-0.15, -0.1) is 0 Å². The largest absolute Gasteiger partial charge is 0.328 e. The predicted octanol–water partition coefficient (Wildman–Crippen LogP) is 3.01. The minimum Gasteiger partial charge on any atom is -0.328 e. The molecule has 0 aromatic heterocycles. The van der Waals surface area contributed by atoms with E-state index in [0.29, 0.717) is 6.04 Å². The lowest BCUT2D eigenvalue weighted by molar-refractivity contribution is 0.135. The molecule has 2 rings (SSSR count). The van der Waals surface area contributed by atoms with Gasteiger partial charge in [-0.05, 0) is 57.4 Å². The van der Waals surface area contributed by atoms with Crippen LogP contribution in [0.15, 0.2) is 0 Å². The van der Waals surface area contributed by atoms with E-state index in [1.54, 1.807) is 0 Å². The number of nitrogens with two attached hydrogens (primary N) is 1. The third-order valence-electron chi connectivity index (χ3n) is 4.96. The second kappa shape index (κ2) is 6.19. The van der Waals surface area contributed by atoms with E-state index in [0.717, 1.165) is 17.9 Å². The molecule has 0 amide bonds. The third kappa shape index (κ3) is 3.96. The molecule has 2 aliphatic rings. The summed E-state index contributed by atoms with van der Waals surface area (Å²) in [5.41, 5.74) is 5.98. The first-order valence-electron chi connectivity index (χ1n) is 7.61. The highest BCUT2D eigenvalue weighted by atomic mass is 15.1. The van der Waals surface area contributed by atoms with Crippen molar-refractivity contribution in [1.82, 2.24) is 4.90 Å². The van der Waals surface area contributed by atoms with Gasteiger partial charge in [0.2, 0.25) is 0 Å². The van der Waals surface area contributed by atoms with E-state index in [-0.39, 0.29) is 0 Å². The zero-order valence-electron chi connectivity index (χ0n) is 11.7. The minimum absolute atomic E-state index is 0.481. The number of nitrogens with zero attached hydrogens (tertiary/aromatic N) is 1. The molecule has 2 heteroatoms. The van der Waals surface area contributed by atoms with Crippen molar-refractivity contribution in [2.45, 2.75) is 70.4 Å². The summed E-state index contributed by atoms with van der Waals surface area (Å²) in [6, 6.07) is 1.29. The first-order valence-corrected chi connectivity index (χ1v) is 7.61. The van der Waals surface area contributed by atoms with Crippen LogP contribution < -0.4 is 5.73 Å². The molecule has 2 nitrogen and oxygen atoms in total. The van der Waals surface area contributed by atoms with Crippen molar-refractivity contribution in [3.05, 3.63) is 0 Å². The maximum atomic E-state index is 5.98. The molecule has 0 saturated heterocycles. The Morgan fingerprint density at radius 2 is 1.76 bits per heavy atom. The highest BCUT2D eigenvalue weighted by Crippen LogP contribution is 2.30. The van der Waals surface area contributed by atoms with E-state index >= 15 is 0 Å². The molecule has 0 aromatic rings. The van der Waals surface area contributed by atoms with Crippen LogP contribution >= 0.6 is 0 Å². The van der Waals surface area contributed by atoms with Gasteiger partial charge < -0.3 is 10.6 Å². The summed E-state index contributed by atoms with van der Waals surface area (Å²) in [7, 11) is 2.33. The van der Waals surface area contributed by atoms with Crippen LogP contribution in [0, 0.1) is 11.8 Å². The van der Waals surface area contributed by atoms with Crippen LogP contribution in [-0.2, 0) is 0 Å². The van der Waals surface area contributed by atoms with Crippen molar-refractivity contribution >= 4 is 0 Å². The Balaban J connectivity index is 1.74. The number of hydrogen-bond acceptors (Lipinski definition) is 2. The molecular formula is C15H30N2. The van der Waals surface area contributed by atoms with Gasteiger partial charge in [0.15, 0.2) is 0 Å². The Morgan fingerprint density at radius 3 is 2.41 bits per heavy atom. The Kier molecular flexibility index (Phi) is 4.87. The molecule has 0 aliphatic heterocycles. The molecule has 0 spiro atoms. The Hall–Kier alpha value is -0.0800. The van der Waals surface area contributed by atoms with Crippen LogP contribution in [0.2, 0.25) is 0 Å². The zero-order valence-corrected chi connectivity index (χ0v) is 11.7. The molecule has 2 aliphatic carbocycles. The molecule has 0 aromatic carbocycles. The zero-order chi connectivity index (χ0) is 12.3. The molecule has 100 valence electrons. The summed E-state index contributed by atoms with van der Waals surface area (Å²) in [5.74, 6) is 1.92. The van der Waals surface area contributed by atoms with Gasteiger partial charge in [0, 0.05) is 18.6 Å². The second-order valence-corrected chi connectivity index (χ2v) is 6.65. The molecular weight excluding hydrogens is 208 g/mol. The van der Waals surface area contributed by atoms with Gasteiger partial charge in [-0.3, -0.25) is 0 Å². The van der Waals surface area contributed by atoms with Crippen LogP contribution in [0.3, 0.4) is 0 Å². The standard InChI is InChI=1S/C15H30N2/c1-12-4-3-5-13(10-12)11-17(2)15-8-6-14(16)7-9-15/h12-15H,3-11,16H2,1-2H3. The van der Waals surface area contributed by atoms with Crippen molar-refractivity contribution < 1.29 is 0 Å². The molecule has 0 radical (unpaired) electrons. The monoisotopic (exact) mass is 238 g/mol. The Labute approximate surface area is 107 Å². The van der Waals surface area contributed by atoms with Gasteiger partial charge in [0.1, 0.15) is 0 Å². The molecule has 2 fully saturated rings. The second-order valence-electron chi connectivity index (χ2n) is 6.65. The lowest BCUT2D eigenvalue weighted by atomic mass is 9.81. The first kappa shape index (κ1) is 13.4. The molecule has 2 unspecified atom stereocenters. The van der Waals surface area contributed by atoms with Crippen molar-refractivity contribution in [3.8, 4) is 0 Å². The fourth-order valence-corrected chi connectivity index (χ4v) is 3.82. The maximum Gasteiger partial charge on any atom is 0.00934 e. The Morgan fingerprint density at radius 1 is 1.06 bits per heavy atom. The van der Waals surface area contributed by atoms with Gasteiger partial charge in [-0.1, -0.05) is 19.8 Å². The topological polar surface area (TPSA) is 29.3 Å². The summed E-state index contributed by atoms with van der Waals surface area (Å²) in [4.78, 5) is 2.63. The lowest BCUT2D eigenvalue weighted by Gasteiger charge is -2.37. The van der Waals surface area contributed by atoms with Gasteiger partial charge in [0.25, 0.3) is 0 Å². The van der Waals surface area contributed by atoms with Crippen molar-refractivity contribution in [1.29, 1.82) is 0 Å². The van der Waals surface area contributed by atoms with E-state index in [2.05, 4.69) is 18.9 Å². The van der Waals surface area contributed by atoms with Gasteiger partial charge >= 0.3 is 0 Å². The van der Waals surface area contributed by atoms with Crippen LogP contribution in [-0.4, -0.2) is 30.6 Å². The first-order chi connectivity index (χ1) is 8.15. The fourth-order valence-electron chi connectivity index (χ4n) is 3.82. The molecule has 2 atom stereocenters. The molecule has 2 N–H and O–H groups in total. The number of hydrogen-bond donors (Lipinski definition) is 1. The minimum atomic E-state index is 0.481. The normalized spacial score (nSPS) is 39.5. The van der Waals surface area contributed by atoms with Gasteiger partial charge in [0.05, 0.1) is 0 Å². The van der Waals surface area contributed by atoms with Crippen molar-refractivity contribution in [3.63, 3.8) is 0 Å². The fraction of sp³-hybridized carbons (Fsp3) is 1.00. The van der Waals surface area contributed by atoms with Crippen LogP contribution in [0.5, 0.6) is 0 Å². The number of rotatable bonds is 3. The van der Waals surface area contributed by atoms with E-state index < -0.39 is 0 Å². The third-order valence-corrected chi connectivity index (χ3v) is 4.96. The molecule has 17 heavy (non-hydrogen) atoms. The van der Waals surface area contributed by atoms with Crippen molar-refractivity contribution in [2.75, 3.05) is 13.6 Å². The highest BCUT2D eigenvalue weighted by molar-refractivity contribution is 4.82. The highest BCUT2D eigenvalue weighted by Gasteiger charge is 2.25. The maximum absolute atomic E-state index is 5.98. The van der Waals surface area contributed by atoms with E-state index in [1.165, 1.54) is 57.9 Å². The average molecular weight is 238 g/mol. The summed E-state index contributed by atoms with van der Waals surface area (Å²) in [5, 5.41) is 0. The summed E-state index contributed by atoms with van der Waals surface area (Å²) >= 11 is 0. The van der Waals surface area contributed by atoms with E-state index in [9.17, 15) is 0 Å². The smallest absolute Gasteiger partial charge is 0.00934 e. The van der Waals surface area contributed by atoms with E-state index in [1.807, 2.05) is 0 Å². The van der Waals surface area contributed by atoms with Gasteiger partial charge in [-0.2, -0.15) is 0 Å². The quantitative estimate of drug-likeness (QED) is 0.819. The van der Waals surface area contributed by atoms with Crippen LogP contribution in [0.25, 0.3) is 0 Å². The summed E-state index contributed by atoms with van der Waals surface area (Å²) < 4.78 is 0. The average Bonchev–Trinajstić information content (AvgIpc) is 2.29. The van der Waals surface area contributed by atoms with Gasteiger partial charge in [-0.25, -0.2) is 0 Å². The van der Waals surface area contributed by atoms with Crippen LogP contribution in [0.4, 0.5) is 0 Å². The predicted molar refractivity (Wildman–Crippen MR) is 74.0 cm³/mol. The molecule has 0 heterocycles. The molecule has 2 saturated carbocycles.